The minimum atomic E-state index is -4.69. The van der Waals surface area contributed by atoms with Crippen LogP contribution in [-0.2, 0) is 10.2 Å². The van der Waals surface area contributed by atoms with Gasteiger partial charge >= 0.3 is 10.2 Å². The smallest absolute Gasteiger partial charge is 0.332 e. The van der Waals surface area contributed by atoms with Crippen LogP contribution in [0.4, 0.5) is 3.89 Å². The van der Waals surface area contributed by atoms with E-state index in [0.717, 1.165) is 12.1 Å². The van der Waals surface area contributed by atoms with Crippen LogP contribution in [0, 0.1) is 0 Å². The molecule has 1 rings (SSSR count). The zero-order valence-corrected chi connectivity index (χ0v) is 8.19. The van der Waals surface area contributed by atoms with E-state index in [-0.39, 0.29) is 10.8 Å². The van der Waals surface area contributed by atoms with Crippen molar-refractivity contribution in [1.29, 1.82) is 0 Å². The van der Waals surface area contributed by atoms with E-state index in [1.807, 2.05) is 0 Å². The largest absolute Gasteiger partial charge is 0.495 e. The summed E-state index contributed by atoms with van der Waals surface area (Å²) in [5, 5.41) is 0.231. The molecule has 1 aromatic rings. The van der Waals surface area contributed by atoms with E-state index in [9.17, 15) is 12.3 Å². The van der Waals surface area contributed by atoms with Gasteiger partial charge < -0.3 is 4.74 Å². The van der Waals surface area contributed by atoms with Gasteiger partial charge in [-0.15, -0.1) is 3.89 Å². The van der Waals surface area contributed by atoms with Gasteiger partial charge in [0.1, 0.15) is 10.6 Å². The Morgan fingerprint density at radius 1 is 1.46 bits per heavy atom. The van der Waals surface area contributed by atoms with Crippen molar-refractivity contribution >= 4 is 21.8 Å². The van der Waals surface area contributed by atoms with Crippen molar-refractivity contribution in [1.82, 2.24) is 0 Å². The first kappa shape index (κ1) is 10.3. The van der Waals surface area contributed by atoms with Gasteiger partial charge in [-0.1, -0.05) is 11.6 Å². The van der Waals surface area contributed by atoms with E-state index in [4.69, 9.17) is 16.3 Å². The van der Waals surface area contributed by atoms with E-state index >= 15 is 0 Å². The molecule has 3 nitrogen and oxygen atoms in total. The summed E-state index contributed by atoms with van der Waals surface area (Å²) in [5.74, 6) is 0.125. The number of rotatable bonds is 2. The molecule has 0 spiro atoms. The molecule has 0 aliphatic rings. The number of hydrogen-bond donors (Lipinski definition) is 0. The highest BCUT2D eigenvalue weighted by Crippen LogP contribution is 2.27. The third kappa shape index (κ3) is 2.32. The molecule has 0 N–H and O–H groups in total. The van der Waals surface area contributed by atoms with Crippen LogP contribution in [0.3, 0.4) is 0 Å². The van der Waals surface area contributed by atoms with Crippen LogP contribution in [-0.4, -0.2) is 15.5 Å². The van der Waals surface area contributed by atoms with Crippen molar-refractivity contribution < 1.29 is 17.0 Å². The number of hydrogen-bond acceptors (Lipinski definition) is 3. The number of ether oxygens (including phenoxy) is 1. The molecule has 0 aliphatic heterocycles. The SMILES string of the molecule is COc1cc(S(=O)(=O)F)ccc1Cl. The third-order valence-electron chi connectivity index (χ3n) is 1.40. The molecule has 0 radical (unpaired) electrons. The Bertz CT molecular complexity index is 416. The van der Waals surface area contributed by atoms with Crippen molar-refractivity contribution in [3.8, 4) is 5.75 Å². The molecule has 1 aromatic carbocycles. The minimum absolute atomic E-state index is 0.125. The molecule has 0 aromatic heterocycles. The summed E-state index contributed by atoms with van der Waals surface area (Å²) >= 11 is 5.60. The highest BCUT2D eigenvalue weighted by molar-refractivity contribution is 7.86. The number of benzene rings is 1. The van der Waals surface area contributed by atoms with Crippen molar-refractivity contribution in [2.75, 3.05) is 7.11 Å². The minimum Gasteiger partial charge on any atom is -0.495 e. The Morgan fingerprint density at radius 2 is 2.08 bits per heavy atom. The summed E-state index contributed by atoms with van der Waals surface area (Å²) < 4.78 is 38.1. The molecule has 0 unspecified atom stereocenters. The second kappa shape index (κ2) is 3.51. The second-order valence-electron chi connectivity index (χ2n) is 2.23. The van der Waals surface area contributed by atoms with Crippen molar-refractivity contribution in [3.05, 3.63) is 23.2 Å². The number of methoxy groups -OCH3 is 1. The van der Waals surface area contributed by atoms with Crippen LogP contribution in [0.2, 0.25) is 5.02 Å². The summed E-state index contributed by atoms with van der Waals surface area (Å²) in [5.41, 5.74) is 0. The average molecular weight is 225 g/mol. The van der Waals surface area contributed by atoms with Gasteiger partial charge in [0.25, 0.3) is 0 Å². The van der Waals surface area contributed by atoms with E-state index in [0.29, 0.717) is 0 Å². The van der Waals surface area contributed by atoms with Crippen molar-refractivity contribution in [2.24, 2.45) is 0 Å². The predicted octanol–water partition coefficient (Wildman–Crippen LogP) is 2.01. The lowest BCUT2D eigenvalue weighted by Crippen LogP contribution is -1.93. The normalized spacial score (nSPS) is 11.3. The molecule has 0 bridgehead atoms. The Hall–Kier alpha value is -0.810. The Morgan fingerprint density at radius 3 is 2.54 bits per heavy atom. The zero-order chi connectivity index (χ0) is 10.1. The quantitative estimate of drug-likeness (QED) is 0.722. The Kier molecular flexibility index (Phi) is 2.77. The highest BCUT2D eigenvalue weighted by Gasteiger charge is 2.13. The van der Waals surface area contributed by atoms with E-state index in [2.05, 4.69) is 0 Å². The summed E-state index contributed by atoms with van der Waals surface area (Å²) in [4.78, 5) is -0.464. The van der Waals surface area contributed by atoms with Gasteiger partial charge in [0.05, 0.1) is 12.1 Å². The fourth-order valence-electron chi connectivity index (χ4n) is 0.792. The van der Waals surface area contributed by atoms with Crippen LogP contribution >= 0.6 is 11.6 Å². The van der Waals surface area contributed by atoms with Gasteiger partial charge in [0.15, 0.2) is 0 Å². The lowest BCUT2D eigenvalue weighted by atomic mass is 10.3. The fraction of sp³-hybridized carbons (Fsp3) is 0.143. The molecule has 13 heavy (non-hydrogen) atoms. The predicted molar refractivity (Wildman–Crippen MR) is 46.3 cm³/mol. The van der Waals surface area contributed by atoms with Crippen LogP contribution < -0.4 is 4.74 Å². The van der Waals surface area contributed by atoms with Crippen LogP contribution in [0.5, 0.6) is 5.75 Å². The Balaban J connectivity index is 3.30. The molecule has 72 valence electrons. The molecule has 0 aliphatic carbocycles. The van der Waals surface area contributed by atoms with Gasteiger partial charge in [-0.05, 0) is 12.1 Å². The first-order valence-corrected chi connectivity index (χ1v) is 4.99. The van der Waals surface area contributed by atoms with Crippen LogP contribution in [0.15, 0.2) is 23.1 Å². The van der Waals surface area contributed by atoms with E-state index < -0.39 is 15.1 Å². The molecule has 0 amide bonds. The Labute approximate surface area is 80.3 Å². The van der Waals surface area contributed by atoms with Gasteiger partial charge in [0.2, 0.25) is 0 Å². The lowest BCUT2D eigenvalue weighted by molar-refractivity contribution is 0.413. The zero-order valence-electron chi connectivity index (χ0n) is 6.62. The monoisotopic (exact) mass is 224 g/mol. The van der Waals surface area contributed by atoms with E-state index in [1.165, 1.54) is 13.2 Å². The number of halogens is 2. The van der Waals surface area contributed by atoms with Gasteiger partial charge in [0, 0.05) is 6.07 Å². The van der Waals surface area contributed by atoms with Gasteiger partial charge in [-0.25, -0.2) is 0 Å². The summed E-state index contributed by atoms with van der Waals surface area (Å²) in [7, 11) is -3.38. The summed E-state index contributed by atoms with van der Waals surface area (Å²) in [6.45, 7) is 0. The fourth-order valence-corrected chi connectivity index (χ4v) is 1.46. The van der Waals surface area contributed by atoms with Crippen LogP contribution in [0.1, 0.15) is 0 Å². The molecule has 6 heteroatoms. The molecular weight excluding hydrogens is 219 g/mol. The third-order valence-corrected chi connectivity index (χ3v) is 2.53. The molecule has 0 atom stereocenters. The van der Waals surface area contributed by atoms with E-state index in [1.54, 1.807) is 0 Å². The lowest BCUT2D eigenvalue weighted by Gasteiger charge is -2.02. The van der Waals surface area contributed by atoms with Crippen molar-refractivity contribution in [2.45, 2.75) is 4.90 Å². The van der Waals surface area contributed by atoms with Crippen LogP contribution in [0.25, 0.3) is 0 Å². The maximum Gasteiger partial charge on any atom is 0.332 e. The first-order chi connectivity index (χ1) is 5.95. The molecular formula is C7H6ClFO3S. The average Bonchev–Trinajstić information content (AvgIpc) is 2.03. The molecule has 0 heterocycles. The maximum atomic E-state index is 12.4. The molecule has 0 saturated carbocycles. The van der Waals surface area contributed by atoms with Gasteiger partial charge in [-0.3, -0.25) is 0 Å². The van der Waals surface area contributed by atoms with Gasteiger partial charge in [-0.2, -0.15) is 8.42 Å². The topological polar surface area (TPSA) is 43.4 Å². The molecule has 0 fully saturated rings. The van der Waals surface area contributed by atoms with Crippen molar-refractivity contribution in [3.63, 3.8) is 0 Å². The summed E-state index contributed by atoms with van der Waals surface area (Å²) in [6.07, 6.45) is 0. The summed E-state index contributed by atoms with van der Waals surface area (Å²) in [6, 6.07) is 3.35. The first-order valence-electron chi connectivity index (χ1n) is 3.23. The maximum absolute atomic E-state index is 12.4. The molecule has 0 saturated heterocycles. The standard InChI is InChI=1S/C7H6ClFO3S/c1-12-7-4-5(13(9,10)11)2-3-6(7)8/h2-4H,1H3. The highest BCUT2D eigenvalue weighted by atomic mass is 35.5. The second-order valence-corrected chi connectivity index (χ2v) is 3.99.